The molecular formula is C20H26FIN4OS. The van der Waals surface area contributed by atoms with Crippen LogP contribution in [0, 0.1) is 5.82 Å². The van der Waals surface area contributed by atoms with Gasteiger partial charge in [0.1, 0.15) is 11.6 Å². The predicted octanol–water partition coefficient (Wildman–Crippen LogP) is 4.58. The average molecular weight is 516 g/mol. The molecule has 1 aromatic carbocycles. The van der Waals surface area contributed by atoms with Crippen LogP contribution in [0.1, 0.15) is 25.3 Å². The van der Waals surface area contributed by atoms with E-state index in [0.717, 1.165) is 18.1 Å². The molecular weight excluding hydrogens is 490 g/mol. The number of hydrogen-bond donors (Lipinski definition) is 2. The monoisotopic (exact) mass is 516 g/mol. The van der Waals surface area contributed by atoms with Gasteiger partial charge in [0.25, 0.3) is 0 Å². The molecule has 1 saturated heterocycles. The number of nitrogens with zero attached hydrogens (tertiary/aromatic N) is 2. The maximum absolute atomic E-state index is 12.9. The van der Waals surface area contributed by atoms with Gasteiger partial charge in [-0.1, -0.05) is 6.07 Å². The van der Waals surface area contributed by atoms with Gasteiger partial charge in [0.15, 0.2) is 5.96 Å². The highest BCUT2D eigenvalue weighted by atomic mass is 127. The van der Waals surface area contributed by atoms with Crippen molar-refractivity contribution in [3.63, 3.8) is 0 Å². The summed E-state index contributed by atoms with van der Waals surface area (Å²) in [5, 5.41) is 6.72. The molecule has 0 aliphatic carbocycles. The van der Waals surface area contributed by atoms with Crippen LogP contribution in [0.5, 0.6) is 11.6 Å². The van der Waals surface area contributed by atoms with Crippen LogP contribution >= 0.6 is 35.7 Å². The van der Waals surface area contributed by atoms with Crippen molar-refractivity contribution in [2.45, 2.75) is 31.1 Å². The smallest absolute Gasteiger partial charge is 0.219 e. The summed E-state index contributed by atoms with van der Waals surface area (Å²) in [4.78, 5) is 8.59. The molecule has 1 atom stereocenters. The quantitative estimate of drug-likeness (QED) is 0.335. The molecule has 0 amide bonds. The molecule has 28 heavy (non-hydrogen) atoms. The van der Waals surface area contributed by atoms with E-state index in [2.05, 4.69) is 27.5 Å². The van der Waals surface area contributed by atoms with Gasteiger partial charge >= 0.3 is 0 Å². The number of hydrogen-bond acceptors (Lipinski definition) is 4. The second-order valence-electron chi connectivity index (χ2n) is 6.74. The van der Waals surface area contributed by atoms with Crippen LogP contribution in [0.15, 0.2) is 47.6 Å². The summed E-state index contributed by atoms with van der Waals surface area (Å²) in [6.07, 6.45) is 4.28. The first-order chi connectivity index (χ1) is 13.1. The fraction of sp³-hybridized carbons (Fsp3) is 0.400. The summed E-state index contributed by atoms with van der Waals surface area (Å²) < 4.78 is 18.8. The van der Waals surface area contributed by atoms with Crippen molar-refractivity contribution >= 4 is 41.7 Å². The number of aromatic nitrogens is 1. The first-order valence-corrected chi connectivity index (χ1v) is 10.0. The summed E-state index contributed by atoms with van der Waals surface area (Å²) in [6, 6.07) is 9.61. The van der Waals surface area contributed by atoms with Crippen LogP contribution in [-0.4, -0.2) is 35.0 Å². The Labute approximate surface area is 187 Å². The molecule has 0 bridgehead atoms. The Hall–Kier alpha value is -1.55. The topological polar surface area (TPSA) is 58.5 Å². The van der Waals surface area contributed by atoms with Crippen LogP contribution in [0.3, 0.4) is 0 Å². The third-order valence-electron chi connectivity index (χ3n) is 4.45. The Kier molecular flexibility index (Phi) is 8.81. The van der Waals surface area contributed by atoms with E-state index in [1.54, 1.807) is 31.4 Å². The number of aliphatic imine (C=N–C) groups is 1. The molecule has 1 aliphatic heterocycles. The Bertz CT molecular complexity index is 765. The first-order valence-electron chi connectivity index (χ1n) is 9.03. The molecule has 1 unspecified atom stereocenters. The van der Waals surface area contributed by atoms with Crippen molar-refractivity contribution in [2.24, 2.45) is 4.99 Å². The lowest BCUT2D eigenvalue weighted by atomic mass is 10.1. The number of thioether (sulfide) groups is 1. The summed E-state index contributed by atoms with van der Waals surface area (Å²) in [7, 11) is 1.78. The van der Waals surface area contributed by atoms with Crippen LogP contribution in [0.4, 0.5) is 4.39 Å². The van der Waals surface area contributed by atoms with Gasteiger partial charge in [-0.3, -0.25) is 4.99 Å². The molecule has 2 aromatic rings. The van der Waals surface area contributed by atoms with E-state index in [1.807, 2.05) is 17.8 Å². The van der Waals surface area contributed by atoms with E-state index in [9.17, 15) is 4.39 Å². The molecule has 0 spiro atoms. The molecule has 3 rings (SSSR count). The summed E-state index contributed by atoms with van der Waals surface area (Å²) in [5.74, 6) is 2.76. The normalized spacial score (nSPS) is 19.0. The summed E-state index contributed by atoms with van der Waals surface area (Å²) in [5.41, 5.74) is 1.02. The minimum absolute atomic E-state index is 0. The van der Waals surface area contributed by atoms with Crippen LogP contribution in [0.25, 0.3) is 0 Å². The number of rotatable bonds is 6. The number of benzene rings is 1. The maximum Gasteiger partial charge on any atom is 0.219 e. The van der Waals surface area contributed by atoms with E-state index < -0.39 is 0 Å². The number of ether oxygens (including phenoxy) is 1. The fourth-order valence-corrected chi connectivity index (χ4v) is 4.10. The van der Waals surface area contributed by atoms with Crippen LogP contribution in [0.2, 0.25) is 0 Å². The van der Waals surface area contributed by atoms with E-state index in [0.29, 0.717) is 22.9 Å². The summed E-state index contributed by atoms with van der Waals surface area (Å²) in [6.45, 7) is 3.82. The van der Waals surface area contributed by atoms with Gasteiger partial charge in [-0.25, -0.2) is 9.37 Å². The second kappa shape index (κ2) is 10.8. The molecule has 2 N–H and O–H groups in total. The molecule has 5 nitrogen and oxygen atoms in total. The van der Waals surface area contributed by atoms with Gasteiger partial charge in [-0.15, -0.1) is 24.0 Å². The zero-order chi connectivity index (χ0) is 19.1. The predicted molar refractivity (Wildman–Crippen MR) is 124 cm³/mol. The Balaban J connectivity index is 0.00000280. The van der Waals surface area contributed by atoms with E-state index in [4.69, 9.17) is 4.74 Å². The number of halogens is 2. The molecule has 0 radical (unpaired) electrons. The van der Waals surface area contributed by atoms with Crippen molar-refractivity contribution in [2.75, 3.05) is 19.3 Å². The van der Waals surface area contributed by atoms with Crippen LogP contribution in [-0.2, 0) is 6.54 Å². The first kappa shape index (κ1) is 22.7. The maximum atomic E-state index is 12.9. The van der Waals surface area contributed by atoms with Gasteiger partial charge in [0.2, 0.25) is 5.88 Å². The number of guanidine groups is 1. The lowest BCUT2D eigenvalue weighted by Crippen LogP contribution is -2.43. The van der Waals surface area contributed by atoms with Crippen molar-refractivity contribution in [3.8, 4) is 11.6 Å². The highest BCUT2D eigenvalue weighted by molar-refractivity contribution is 14.0. The largest absolute Gasteiger partial charge is 0.439 e. The van der Waals surface area contributed by atoms with Gasteiger partial charge in [-0.2, -0.15) is 11.8 Å². The molecule has 0 saturated carbocycles. The van der Waals surface area contributed by atoms with Crippen LogP contribution < -0.4 is 15.4 Å². The van der Waals surface area contributed by atoms with Crippen molar-refractivity contribution in [1.29, 1.82) is 0 Å². The van der Waals surface area contributed by atoms with Crippen molar-refractivity contribution in [3.05, 3.63) is 54.0 Å². The molecule has 8 heteroatoms. The molecule has 1 fully saturated rings. The SMILES string of the molecule is CN=C(NCc1ccc(Oc2ccc(F)cc2)nc1)NCC1(C)CCCS1.I. The highest BCUT2D eigenvalue weighted by Gasteiger charge is 2.29. The fourth-order valence-electron chi connectivity index (χ4n) is 2.85. The summed E-state index contributed by atoms with van der Waals surface area (Å²) >= 11 is 2.02. The van der Waals surface area contributed by atoms with E-state index in [1.165, 1.54) is 30.7 Å². The minimum Gasteiger partial charge on any atom is -0.439 e. The average Bonchev–Trinajstić information content (AvgIpc) is 3.12. The Morgan fingerprint density at radius 2 is 2.04 bits per heavy atom. The molecule has 152 valence electrons. The van der Waals surface area contributed by atoms with Gasteiger partial charge in [0.05, 0.1) is 0 Å². The Morgan fingerprint density at radius 3 is 2.64 bits per heavy atom. The second-order valence-corrected chi connectivity index (χ2v) is 8.42. The number of nitrogens with one attached hydrogen (secondary N) is 2. The molecule has 1 aromatic heterocycles. The lowest BCUT2D eigenvalue weighted by Gasteiger charge is -2.24. The van der Waals surface area contributed by atoms with Crippen molar-refractivity contribution in [1.82, 2.24) is 15.6 Å². The van der Waals surface area contributed by atoms with Gasteiger partial charge < -0.3 is 15.4 Å². The van der Waals surface area contributed by atoms with Crippen molar-refractivity contribution < 1.29 is 9.13 Å². The molecule has 2 heterocycles. The lowest BCUT2D eigenvalue weighted by molar-refractivity contribution is 0.461. The van der Waals surface area contributed by atoms with Gasteiger partial charge in [0, 0.05) is 37.1 Å². The third kappa shape index (κ3) is 6.80. The molecule has 1 aliphatic rings. The van der Waals surface area contributed by atoms with Gasteiger partial charge in [-0.05, 0) is 55.3 Å². The van der Waals surface area contributed by atoms with E-state index in [-0.39, 0.29) is 29.8 Å². The minimum atomic E-state index is -0.292. The Morgan fingerprint density at radius 1 is 1.25 bits per heavy atom. The highest BCUT2D eigenvalue weighted by Crippen LogP contribution is 2.36. The van der Waals surface area contributed by atoms with E-state index >= 15 is 0 Å². The zero-order valence-electron chi connectivity index (χ0n) is 16.1. The standard InChI is InChI=1S/C20H25FN4OS.HI/c1-20(10-3-11-27-20)14-25-19(22-2)24-13-15-4-9-18(23-12-15)26-17-7-5-16(21)6-8-17;/h4-9,12H,3,10-11,13-14H2,1-2H3,(H2,22,24,25);1H. The number of pyridine rings is 1. The third-order valence-corrected chi connectivity index (χ3v) is 5.99. The zero-order valence-corrected chi connectivity index (χ0v) is 19.2.